The summed E-state index contributed by atoms with van der Waals surface area (Å²) in [6.45, 7) is 0.510. The lowest BCUT2D eigenvalue weighted by Crippen LogP contribution is -2.25. The molecule has 1 heterocycles. The number of nitrogens with zero attached hydrogens (tertiary/aromatic N) is 1. The van der Waals surface area contributed by atoms with Gasteiger partial charge in [0.1, 0.15) is 0 Å². The van der Waals surface area contributed by atoms with Gasteiger partial charge in [-0.1, -0.05) is 84.6 Å². The molecule has 37 heavy (non-hydrogen) atoms. The molecule has 7 heteroatoms. The number of thioether (sulfide) groups is 1. The number of carbonyl (C=O) groups is 4. The first kappa shape index (κ1) is 26.4. The lowest BCUT2D eigenvalue weighted by molar-refractivity contribution is -0.130. The highest BCUT2D eigenvalue weighted by atomic mass is 32.2. The fraction of sp³-hybridized carbons (Fsp3) is 0.267. The minimum absolute atomic E-state index is 0.0641. The third-order valence-corrected chi connectivity index (χ3v) is 7.37. The predicted octanol–water partition coefficient (Wildman–Crippen LogP) is 5.65. The minimum Gasteiger partial charge on any atom is -0.341 e. The average Bonchev–Trinajstić information content (AvgIpc) is 3.23. The van der Waals surface area contributed by atoms with Crippen molar-refractivity contribution >= 4 is 34.6 Å². The van der Waals surface area contributed by atoms with E-state index in [4.69, 9.17) is 0 Å². The lowest BCUT2D eigenvalue weighted by Gasteiger charge is -2.18. The lowest BCUT2D eigenvalue weighted by atomic mass is 10.00. The van der Waals surface area contributed by atoms with Crippen LogP contribution in [0.1, 0.15) is 47.2 Å². The number of hydrogen-bond acceptors (Lipinski definition) is 5. The van der Waals surface area contributed by atoms with Crippen molar-refractivity contribution in [3.63, 3.8) is 0 Å². The molecule has 1 N–H and O–H groups in total. The molecule has 1 fully saturated rings. The Morgan fingerprint density at radius 1 is 0.838 bits per heavy atom. The van der Waals surface area contributed by atoms with Crippen LogP contribution in [-0.4, -0.2) is 40.0 Å². The first-order valence-electron chi connectivity index (χ1n) is 12.4. The zero-order valence-electron chi connectivity index (χ0n) is 20.8. The van der Waals surface area contributed by atoms with Gasteiger partial charge in [0, 0.05) is 32.0 Å². The second-order valence-corrected chi connectivity index (χ2v) is 10.4. The van der Waals surface area contributed by atoms with Gasteiger partial charge in [-0.15, -0.1) is 0 Å². The van der Waals surface area contributed by atoms with Crippen LogP contribution in [0.5, 0.6) is 0 Å². The van der Waals surface area contributed by atoms with Crippen LogP contribution in [0.2, 0.25) is 0 Å². The maximum absolute atomic E-state index is 12.6. The van der Waals surface area contributed by atoms with Crippen LogP contribution < -0.4 is 5.32 Å². The van der Waals surface area contributed by atoms with E-state index >= 15 is 0 Å². The molecule has 6 nitrogen and oxygen atoms in total. The van der Waals surface area contributed by atoms with E-state index in [-0.39, 0.29) is 28.1 Å². The number of benzene rings is 3. The number of amides is 3. The van der Waals surface area contributed by atoms with Crippen LogP contribution in [-0.2, 0) is 22.6 Å². The van der Waals surface area contributed by atoms with E-state index in [1.807, 2.05) is 72.8 Å². The number of hydrogen-bond donors (Lipinski definition) is 1. The SMILES string of the molecule is CN(Cc1cccc(-c2ccc(CC3SC(=O)NC3=O)cc2)c1)C(=O)CCCCC(=O)c1ccccc1. The van der Waals surface area contributed by atoms with Gasteiger partial charge in [-0.3, -0.25) is 24.5 Å². The molecule has 1 atom stereocenters. The third-order valence-electron chi connectivity index (χ3n) is 6.39. The van der Waals surface area contributed by atoms with Gasteiger partial charge in [-0.2, -0.15) is 0 Å². The molecule has 3 amide bonds. The summed E-state index contributed by atoms with van der Waals surface area (Å²) in [6.07, 6.45) is 2.76. The summed E-state index contributed by atoms with van der Waals surface area (Å²) in [5.41, 5.74) is 4.85. The maximum Gasteiger partial charge on any atom is 0.286 e. The number of nitrogens with one attached hydrogen (secondary N) is 1. The number of Topliss-reactive ketones (excluding diaryl/α,β-unsaturated/α-hetero) is 1. The monoisotopic (exact) mass is 514 g/mol. The second kappa shape index (κ2) is 12.5. The molecule has 1 aliphatic heterocycles. The van der Waals surface area contributed by atoms with E-state index < -0.39 is 0 Å². The molecule has 0 radical (unpaired) electrons. The zero-order valence-corrected chi connectivity index (χ0v) is 21.6. The van der Waals surface area contributed by atoms with Crippen molar-refractivity contribution in [3.8, 4) is 11.1 Å². The Morgan fingerprint density at radius 2 is 1.57 bits per heavy atom. The summed E-state index contributed by atoms with van der Waals surface area (Å²) in [7, 11) is 1.81. The standard InChI is InChI=1S/C30H30N2O4S/c1-32(28(34)13-6-5-12-26(33)24-9-3-2-4-10-24)20-22-8-7-11-25(18-22)23-16-14-21(15-17-23)19-27-29(35)31-30(36)37-27/h2-4,7-11,14-18,27H,5-6,12-13,19-20H2,1H3,(H,31,35,36). The van der Waals surface area contributed by atoms with Gasteiger partial charge in [0.2, 0.25) is 11.8 Å². The molecule has 190 valence electrons. The molecule has 0 saturated carbocycles. The van der Waals surface area contributed by atoms with Crippen LogP contribution in [0.4, 0.5) is 4.79 Å². The minimum atomic E-state index is -0.376. The summed E-state index contributed by atoms with van der Waals surface area (Å²) in [5.74, 6) is -0.0513. The summed E-state index contributed by atoms with van der Waals surface area (Å²) in [5, 5.41) is 1.66. The van der Waals surface area contributed by atoms with Gasteiger partial charge >= 0.3 is 0 Å². The van der Waals surface area contributed by atoms with Crippen molar-refractivity contribution in [1.82, 2.24) is 10.2 Å². The van der Waals surface area contributed by atoms with E-state index in [0.717, 1.165) is 39.6 Å². The van der Waals surface area contributed by atoms with Gasteiger partial charge in [-0.05, 0) is 47.6 Å². The maximum atomic E-state index is 12.6. The number of rotatable bonds is 11. The van der Waals surface area contributed by atoms with E-state index in [9.17, 15) is 19.2 Å². The van der Waals surface area contributed by atoms with Gasteiger partial charge in [0.15, 0.2) is 5.78 Å². The Morgan fingerprint density at radius 3 is 2.27 bits per heavy atom. The quantitative estimate of drug-likeness (QED) is 0.264. The van der Waals surface area contributed by atoms with Crippen molar-refractivity contribution in [3.05, 3.63) is 95.6 Å². The Labute approximate surface area is 221 Å². The highest BCUT2D eigenvalue weighted by Gasteiger charge is 2.31. The molecule has 3 aromatic carbocycles. The number of imide groups is 1. The van der Waals surface area contributed by atoms with E-state index in [2.05, 4.69) is 11.4 Å². The molecule has 0 aromatic heterocycles. The summed E-state index contributed by atoms with van der Waals surface area (Å²) in [6, 6.07) is 25.3. The van der Waals surface area contributed by atoms with E-state index in [0.29, 0.717) is 38.6 Å². The number of unbranched alkanes of at least 4 members (excludes halogenated alkanes) is 1. The molecule has 0 bridgehead atoms. The van der Waals surface area contributed by atoms with Crippen molar-refractivity contribution in [2.75, 3.05) is 7.05 Å². The van der Waals surface area contributed by atoms with Crippen LogP contribution in [0.15, 0.2) is 78.9 Å². The second-order valence-electron chi connectivity index (χ2n) is 9.23. The largest absolute Gasteiger partial charge is 0.341 e. The van der Waals surface area contributed by atoms with Crippen LogP contribution in [0.3, 0.4) is 0 Å². The Bertz CT molecular complexity index is 1270. The smallest absolute Gasteiger partial charge is 0.286 e. The normalized spacial score (nSPS) is 14.9. The summed E-state index contributed by atoms with van der Waals surface area (Å²) < 4.78 is 0. The molecule has 1 unspecified atom stereocenters. The fourth-order valence-electron chi connectivity index (χ4n) is 4.31. The molecule has 4 rings (SSSR count). The van der Waals surface area contributed by atoms with Crippen molar-refractivity contribution in [2.24, 2.45) is 0 Å². The molecule has 0 aliphatic carbocycles. The van der Waals surface area contributed by atoms with E-state index in [1.165, 1.54) is 0 Å². The first-order chi connectivity index (χ1) is 17.9. The molecule has 1 saturated heterocycles. The molecule has 0 spiro atoms. The van der Waals surface area contributed by atoms with Crippen LogP contribution in [0.25, 0.3) is 11.1 Å². The van der Waals surface area contributed by atoms with Gasteiger partial charge in [0.25, 0.3) is 5.24 Å². The van der Waals surface area contributed by atoms with Crippen LogP contribution in [0, 0.1) is 0 Å². The van der Waals surface area contributed by atoms with Gasteiger partial charge in [0.05, 0.1) is 5.25 Å². The Balaban J connectivity index is 1.26. The predicted molar refractivity (Wildman–Crippen MR) is 146 cm³/mol. The Kier molecular flexibility index (Phi) is 8.90. The Hall–Kier alpha value is -3.71. The van der Waals surface area contributed by atoms with Crippen molar-refractivity contribution in [1.29, 1.82) is 0 Å². The highest BCUT2D eigenvalue weighted by Crippen LogP contribution is 2.26. The molecule has 1 aliphatic rings. The first-order valence-corrected chi connectivity index (χ1v) is 13.3. The average molecular weight is 515 g/mol. The number of carbonyl (C=O) groups excluding carboxylic acids is 4. The summed E-state index contributed by atoms with van der Waals surface area (Å²) >= 11 is 1.04. The highest BCUT2D eigenvalue weighted by molar-refractivity contribution is 8.15. The van der Waals surface area contributed by atoms with Crippen molar-refractivity contribution < 1.29 is 19.2 Å². The number of ketones is 1. The zero-order chi connectivity index (χ0) is 26.2. The molecular weight excluding hydrogens is 484 g/mol. The molecular formula is C30H30N2O4S. The summed E-state index contributed by atoms with van der Waals surface area (Å²) in [4.78, 5) is 49.8. The topological polar surface area (TPSA) is 83.6 Å². The van der Waals surface area contributed by atoms with E-state index in [1.54, 1.807) is 11.9 Å². The third kappa shape index (κ3) is 7.40. The molecule has 3 aromatic rings. The van der Waals surface area contributed by atoms with Crippen LogP contribution >= 0.6 is 11.8 Å². The van der Waals surface area contributed by atoms with Gasteiger partial charge < -0.3 is 4.90 Å². The van der Waals surface area contributed by atoms with Crippen molar-refractivity contribution in [2.45, 2.75) is 43.9 Å². The van der Waals surface area contributed by atoms with Gasteiger partial charge in [-0.25, -0.2) is 0 Å². The fourth-order valence-corrected chi connectivity index (χ4v) is 5.17.